The minimum absolute atomic E-state index is 0.265. The fourth-order valence-electron chi connectivity index (χ4n) is 1.55. The Balaban J connectivity index is 2.41. The van der Waals surface area contributed by atoms with E-state index in [0.717, 1.165) is 16.7 Å². The standard InChI is InChI=1S/C14H9Cl2F/c15-9-14(10-1-5-12(16)6-2-10)11-3-7-13(17)8-4-11/h1-9H. The maximum Gasteiger partial charge on any atom is 0.123 e. The first-order valence-electron chi connectivity index (χ1n) is 5.03. The molecule has 0 amide bonds. The Labute approximate surface area is 109 Å². The van der Waals surface area contributed by atoms with E-state index in [9.17, 15) is 4.39 Å². The zero-order valence-corrected chi connectivity index (χ0v) is 10.3. The summed E-state index contributed by atoms with van der Waals surface area (Å²) in [7, 11) is 0. The molecule has 0 fully saturated rings. The second-order valence-corrected chi connectivity index (χ2v) is 4.19. The van der Waals surface area contributed by atoms with E-state index in [2.05, 4.69) is 0 Å². The lowest BCUT2D eigenvalue weighted by Gasteiger charge is -2.07. The van der Waals surface area contributed by atoms with Gasteiger partial charge in [0.1, 0.15) is 5.82 Å². The minimum atomic E-state index is -0.265. The topological polar surface area (TPSA) is 0 Å². The SMILES string of the molecule is Fc1ccc(C(=CCl)c2ccc(Cl)cc2)cc1. The van der Waals surface area contributed by atoms with Crippen LogP contribution in [0.4, 0.5) is 4.39 Å². The van der Waals surface area contributed by atoms with Crippen LogP contribution in [-0.2, 0) is 0 Å². The van der Waals surface area contributed by atoms with Gasteiger partial charge in [-0.05, 0) is 35.4 Å². The lowest BCUT2D eigenvalue weighted by molar-refractivity contribution is 0.627. The first-order valence-corrected chi connectivity index (χ1v) is 5.84. The summed E-state index contributed by atoms with van der Waals surface area (Å²) in [5, 5.41) is 0.668. The molecule has 3 heteroatoms. The summed E-state index contributed by atoms with van der Waals surface area (Å²) in [5.74, 6) is -0.265. The maximum atomic E-state index is 12.8. The van der Waals surface area contributed by atoms with E-state index >= 15 is 0 Å². The van der Waals surface area contributed by atoms with Crippen molar-refractivity contribution in [1.29, 1.82) is 0 Å². The summed E-state index contributed by atoms with van der Waals surface area (Å²) >= 11 is 11.7. The molecular weight excluding hydrogens is 258 g/mol. The van der Waals surface area contributed by atoms with Gasteiger partial charge < -0.3 is 0 Å². The van der Waals surface area contributed by atoms with Crippen molar-refractivity contribution in [2.75, 3.05) is 0 Å². The highest BCUT2D eigenvalue weighted by Crippen LogP contribution is 2.25. The molecule has 0 bridgehead atoms. The first-order chi connectivity index (χ1) is 8.20. The highest BCUT2D eigenvalue weighted by Gasteiger charge is 2.04. The number of benzene rings is 2. The fourth-order valence-corrected chi connectivity index (χ4v) is 1.93. The summed E-state index contributed by atoms with van der Waals surface area (Å²) in [6.45, 7) is 0. The molecule has 0 aromatic heterocycles. The summed E-state index contributed by atoms with van der Waals surface area (Å²) in [6, 6.07) is 13.5. The average molecular weight is 267 g/mol. The Morgan fingerprint density at radius 3 is 1.82 bits per heavy atom. The zero-order chi connectivity index (χ0) is 12.3. The lowest BCUT2D eigenvalue weighted by atomic mass is 10.00. The second-order valence-electron chi connectivity index (χ2n) is 3.54. The van der Waals surface area contributed by atoms with Gasteiger partial charge in [0, 0.05) is 16.1 Å². The van der Waals surface area contributed by atoms with Crippen LogP contribution in [0.25, 0.3) is 5.57 Å². The van der Waals surface area contributed by atoms with Gasteiger partial charge in [-0.25, -0.2) is 4.39 Å². The van der Waals surface area contributed by atoms with Gasteiger partial charge in [0.05, 0.1) is 0 Å². The normalized spacial score (nSPS) is 11.6. The highest BCUT2D eigenvalue weighted by molar-refractivity contribution is 6.31. The Morgan fingerprint density at radius 1 is 0.882 bits per heavy atom. The van der Waals surface area contributed by atoms with E-state index in [1.807, 2.05) is 12.1 Å². The van der Waals surface area contributed by atoms with Gasteiger partial charge in [-0.1, -0.05) is 47.5 Å². The number of hydrogen-bond acceptors (Lipinski definition) is 0. The predicted octanol–water partition coefficient (Wildman–Crippen LogP) is 5.11. The molecule has 0 atom stereocenters. The lowest BCUT2D eigenvalue weighted by Crippen LogP contribution is -1.87. The molecule has 0 radical (unpaired) electrons. The van der Waals surface area contributed by atoms with Crippen LogP contribution in [-0.4, -0.2) is 0 Å². The van der Waals surface area contributed by atoms with Crippen LogP contribution in [0.2, 0.25) is 5.02 Å². The van der Waals surface area contributed by atoms with Crippen molar-refractivity contribution in [1.82, 2.24) is 0 Å². The number of halogens is 3. The van der Waals surface area contributed by atoms with Crippen LogP contribution < -0.4 is 0 Å². The fraction of sp³-hybridized carbons (Fsp3) is 0. The van der Waals surface area contributed by atoms with E-state index < -0.39 is 0 Å². The summed E-state index contributed by atoms with van der Waals surface area (Å²) in [6.07, 6.45) is 0. The molecule has 17 heavy (non-hydrogen) atoms. The average Bonchev–Trinajstić information content (AvgIpc) is 2.35. The molecule has 0 spiro atoms. The van der Waals surface area contributed by atoms with E-state index in [1.54, 1.807) is 24.3 Å². The number of rotatable bonds is 2. The largest absolute Gasteiger partial charge is 0.207 e. The molecule has 0 heterocycles. The van der Waals surface area contributed by atoms with Crippen LogP contribution >= 0.6 is 23.2 Å². The molecule has 2 aromatic rings. The number of hydrogen-bond donors (Lipinski definition) is 0. The molecule has 0 aliphatic carbocycles. The van der Waals surface area contributed by atoms with Gasteiger partial charge in [-0.2, -0.15) is 0 Å². The summed E-state index contributed by atoms with van der Waals surface area (Å²) in [4.78, 5) is 0. The van der Waals surface area contributed by atoms with Crippen LogP contribution in [0.1, 0.15) is 11.1 Å². The zero-order valence-electron chi connectivity index (χ0n) is 8.83. The third-order valence-electron chi connectivity index (χ3n) is 2.42. The van der Waals surface area contributed by atoms with Crippen molar-refractivity contribution >= 4 is 28.8 Å². The third-order valence-corrected chi connectivity index (χ3v) is 2.89. The van der Waals surface area contributed by atoms with Gasteiger partial charge in [0.25, 0.3) is 0 Å². The Bertz CT molecular complexity index is 480. The van der Waals surface area contributed by atoms with E-state index in [0.29, 0.717) is 5.02 Å². The predicted molar refractivity (Wildman–Crippen MR) is 70.8 cm³/mol. The van der Waals surface area contributed by atoms with Crippen LogP contribution in [0.5, 0.6) is 0 Å². The van der Waals surface area contributed by atoms with E-state index in [-0.39, 0.29) is 5.82 Å². The smallest absolute Gasteiger partial charge is 0.123 e. The van der Waals surface area contributed by atoms with Gasteiger partial charge in [0.15, 0.2) is 0 Å². The second kappa shape index (κ2) is 5.35. The third kappa shape index (κ3) is 2.87. The maximum absolute atomic E-state index is 12.8. The van der Waals surface area contributed by atoms with Crippen molar-refractivity contribution in [2.45, 2.75) is 0 Å². The van der Waals surface area contributed by atoms with Crippen LogP contribution in [0.15, 0.2) is 54.1 Å². The monoisotopic (exact) mass is 266 g/mol. The Hall–Kier alpha value is -1.31. The minimum Gasteiger partial charge on any atom is -0.207 e. The van der Waals surface area contributed by atoms with Gasteiger partial charge >= 0.3 is 0 Å². The molecule has 0 saturated heterocycles. The molecule has 0 unspecified atom stereocenters. The molecular formula is C14H9Cl2F. The molecule has 0 nitrogen and oxygen atoms in total. The van der Waals surface area contributed by atoms with E-state index in [1.165, 1.54) is 17.7 Å². The van der Waals surface area contributed by atoms with Crippen molar-refractivity contribution < 1.29 is 4.39 Å². The van der Waals surface area contributed by atoms with Crippen molar-refractivity contribution in [3.05, 3.63) is 76.0 Å². The Kier molecular flexibility index (Phi) is 3.82. The molecule has 0 N–H and O–H groups in total. The molecule has 2 aromatic carbocycles. The molecule has 0 saturated carbocycles. The molecule has 2 rings (SSSR count). The molecule has 86 valence electrons. The quantitative estimate of drug-likeness (QED) is 0.709. The van der Waals surface area contributed by atoms with Gasteiger partial charge in [-0.15, -0.1) is 0 Å². The Morgan fingerprint density at radius 2 is 1.35 bits per heavy atom. The first kappa shape index (κ1) is 12.2. The highest BCUT2D eigenvalue weighted by atomic mass is 35.5. The van der Waals surface area contributed by atoms with Gasteiger partial charge in [-0.3, -0.25) is 0 Å². The molecule has 0 aliphatic rings. The summed E-state index contributed by atoms with van der Waals surface area (Å²) < 4.78 is 12.8. The van der Waals surface area contributed by atoms with Gasteiger partial charge in [0.2, 0.25) is 0 Å². The van der Waals surface area contributed by atoms with Crippen molar-refractivity contribution in [2.24, 2.45) is 0 Å². The van der Waals surface area contributed by atoms with Crippen molar-refractivity contribution in [3.63, 3.8) is 0 Å². The molecule has 0 aliphatic heterocycles. The summed E-state index contributed by atoms with van der Waals surface area (Å²) in [5.41, 5.74) is 4.12. The van der Waals surface area contributed by atoms with Crippen molar-refractivity contribution in [3.8, 4) is 0 Å². The van der Waals surface area contributed by atoms with Crippen LogP contribution in [0, 0.1) is 5.82 Å². The van der Waals surface area contributed by atoms with Crippen LogP contribution in [0.3, 0.4) is 0 Å². The van der Waals surface area contributed by atoms with E-state index in [4.69, 9.17) is 23.2 Å².